The van der Waals surface area contributed by atoms with Gasteiger partial charge in [-0.25, -0.2) is 4.98 Å². The van der Waals surface area contributed by atoms with E-state index >= 15 is 0 Å². The van der Waals surface area contributed by atoms with Crippen LogP contribution in [0.4, 0.5) is 5.82 Å². The van der Waals surface area contributed by atoms with Crippen LogP contribution >= 0.6 is 0 Å². The molecule has 0 amide bonds. The molecule has 2 heterocycles. The average Bonchev–Trinajstić information content (AvgIpc) is 2.62. The monoisotopic (exact) mass is 311 g/mol. The lowest BCUT2D eigenvalue weighted by molar-refractivity contribution is 0.220. The molecule has 0 saturated carbocycles. The van der Waals surface area contributed by atoms with Gasteiger partial charge in [0.2, 0.25) is 0 Å². The molecule has 122 valence electrons. The molecule has 0 radical (unpaired) electrons. The number of aryl methyl sites for hydroxylation is 1. The Balaban J connectivity index is 1.76. The molecule has 1 saturated heterocycles. The van der Waals surface area contributed by atoms with Gasteiger partial charge in [-0.3, -0.25) is 0 Å². The Morgan fingerprint density at radius 2 is 1.78 bits per heavy atom. The van der Waals surface area contributed by atoms with Crippen molar-refractivity contribution in [2.45, 2.75) is 20.0 Å². The molecule has 1 aromatic heterocycles. The van der Waals surface area contributed by atoms with Gasteiger partial charge in [0.1, 0.15) is 11.9 Å². The summed E-state index contributed by atoms with van der Waals surface area (Å²) in [6, 6.07) is 11.8. The number of piperazine rings is 1. The van der Waals surface area contributed by atoms with Gasteiger partial charge in [-0.15, -0.1) is 0 Å². The highest BCUT2D eigenvalue weighted by molar-refractivity contribution is 5.49. The van der Waals surface area contributed by atoms with Crippen LogP contribution in [0.25, 0.3) is 0 Å². The van der Waals surface area contributed by atoms with Crippen molar-refractivity contribution in [3.63, 3.8) is 0 Å². The van der Waals surface area contributed by atoms with Crippen LogP contribution in [-0.4, -0.2) is 47.7 Å². The van der Waals surface area contributed by atoms with Gasteiger partial charge in [-0.05, 0) is 30.7 Å². The van der Waals surface area contributed by atoms with Gasteiger partial charge in [0.15, 0.2) is 0 Å². The third-order valence-electron chi connectivity index (χ3n) is 4.62. The first kappa shape index (κ1) is 16.0. The third-order valence-corrected chi connectivity index (χ3v) is 4.62. The number of hydrogen-bond acceptors (Lipinski definition) is 4. The summed E-state index contributed by atoms with van der Waals surface area (Å²) in [5.74, 6) is 1.05. The van der Waals surface area contributed by atoms with Crippen LogP contribution in [0.1, 0.15) is 29.7 Å². The minimum atomic E-state index is -0.617. The van der Waals surface area contributed by atoms with Crippen molar-refractivity contribution in [2.75, 3.05) is 37.6 Å². The van der Waals surface area contributed by atoms with E-state index in [-0.39, 0.29) is 0 Å². The van der Waals surface area contributed by atoms with Crippen LogP contribution in [0.5, 0.6) is 0 Å². The van der Waals surface area contributed by atoms with E-state index in [0.717, 1.165) is 55.2 Å². The van der Waals surface area contributed by atoms with Gasteiger partial charge >= 0.3 is 0 Å². The Morgan fingerprint density at radius 1 is 1.09 bits per heavy atom. The molecule has 1 fully saturated rings. The first-order valence-corrected chi connectivity index (χ1v) is 8.36. The zero-order valence-electron chi connectivity index (χ0n) is 13.9. The Morgan fingerprint density at radius 3 is 2.39 bits per heavy atom. The maximum atomic E-state index is 10.5. The summed E-state index contributed by atoms with van der Waals surface area (Å²) >= 11 is 0. The van der Waals surface area contributed by atoms with Crippen LogP contribution in [-0.2, 0) is 0 Å². The van der Waals surface area contributed by atoms with Crippen LogP contribution < -0.4 is 4.90 Å². The molecule has 23 heavy (non-hydrogen) atoms. The second-order valence-corrected chi connectivity index (χ2v) is 6.14. The predicted octanol–water partition coefficient (Wildman–Crippen LogP) is 2.61. The highest BCUT2D eigenvalue weighted by atomic mass is 16.3. The molecule has 0 aliphatic carbocycles. The molecule has 1 aromatic carbocycles. The molecule has 0 bridgehead atoms. The Labute approximate surface area is 138 Å². The number of aromatic nitrogens is 1. The second kappa shape index (κ2) is 7.11. The zero-order chi connectivity index (χ0) is 16.2. The van der Waals surface area contributed by atoms with Gasteiger partial charge in [-0.2, -0.15) is 0 Å². The van der Waals surface area contributed by atoms with Gasteiger partial charge in [0, 0.05) is 37.9 Å². The fourth-order valence-electron chi connectivity index (χ4n) is 3.17. The van der Waals surface area contributed by atoms with E-state index in [9.17, 15) is 5.11 Å². The van der Waals surface area contributed by atoms with Crippen LogP contribution in [0.2, 0.25) is 0 Å². The summed E-state index contributed by atoms with van der Waals surface area (Å²) in [4.78, 5) is 9.45. The van der Waals surface area contributed by atoms with Crippen molar-refractivity contribution >= 4 is 5.82 Å². The fourth-order valence-corrected chi connectivity index (χ4v) is 3.17. The van der Waals surface area contributed by atoms with Crippen molar-refractivity contribution in [2.24, 2.45) is 0 Å². The SMILES string of the molecule is CCN1CCN(c2ncc([C@H](O)c3ccccc3)cc2C)CC1. The Bertz CT molecular complexity index is 636. The van der Waals surface area contributed by atoms with E-state index < -0.39 is 6.10 Å². The summed E-state index contributed by atoms with van der Waals surface area (Å²) < 4.78 is 0. The largest absolute Gasteiger partial charge is 0.384 e. The standard InChI is InChI=1S/C19H25N3O/c1-3-21-9-11-22(12-10-21)19-15(2)13-17(14-20-19)18(23)16-7-5-4-6-8-16/h4-8,13-14,18,23H,3,9-12H2,1-2H3/t18-/m1/s1. The van der Waals surface area contributed by atoms with Gasteiger partial charge in [0.25, 0.3) is 0 Å². The van der Waals surface area contributed by atoms with E-state index in [1.807, 2.05) is 36.5 Å². The van der Waals surface area contributed by atoms with E-state index in [0.29, 0.717) is 0 Å². The quantitative estimate of drug-likeness (QED) is 0.942. The molecule has 1 aliphatic heterocycles. The number of benzene rings is 1. The highest BCUT2D eigenvalue weighted by Gasteiger charge is 2.19. The predicted molar refractivity (Wildman–Crippen MR) is 93.8 cm³/mol. The van der Waals surface area contributed by atoms with Gasteiger partial charge < -0.3 is 14.9 Å². The fraction of sp³-hybridized carbons (Fsp3) is 0.421. The summed E-state index contributed by atoms with van der Waals surface area (Å²) in [6.45, 7) is 9.61. The molecule has 0 unspecified atom stereocenters. The van der Waals surface area contributed by atoms with Crippen LogP contribution in [0.15, 0.2) is 42.6 Å². The number of hydrogen-bond donors (Lipinski definition) is 1. The summed E-state index contributed by atoms with van der Waals surface area (Å²) in [5.41, 5.74) is 2.88. The lowest BCUT2D eigenvalue weighted by Crippen LogP contribution is -2.46. The maximum Gasteiger partial charge on any atom is 0.131 e. The number of likely N-dealkylation sites (N-methyl/N-ethyl adjacent to an activating group) is 1. The Kier molecular flexibility index (Phi) is 4.94. The van der Waals surface area contributed by atoms with Gasteiger partial charge in [0.05, 0.1) is 0 Å². The van der Waals surface area contributed by atoms with E-state index in [4.69, 9.17) is 0 Å². The molecular weight excluding hydrogens is 286 g/mol. The molecule has 4 nitrogen and oxygen atoms in total. The molecule has 1 atom stereocenters. The van der Waals surface area contributed by atoms with Crippen molar-refractivity contribution in [3.8, 4) is 0 Å². The maximum absolute atomic E-state index is 10.5. The smallest absolute Gasteiger partial charge is 0.131 e. The number of rotatable bonds is 4. The highest BCUT2D eigenvalue weighted by Crippen LogP contribution is 2.26. The number of aliphatic hydroxyl groups excluding tert-OH is 1. The minimum Gasteiger partial charge on any atom is -0.384 e. The zero-order valence-corrected chi connectivity index (χ0v) is 13.9. The summed E-state index contributed by atoms with van der Waals surface area (Å²) in [6.07, 6.45) is 1.19. The molecule has 3 rings (SSSR count). The lowest BCUT2D eigenvalue weighted by atomic mass is 10.0. The van der Waals surface area contributed by atoms with Crippen molar-refractivity contribution < 1.29 is 5.11 Å². The first-order chi connectivity index (χ1) is 11.2. The van der Waals surface area contributed by atoms with E-state index in [1.54, 1.807) is 0 Å². The Hall–Kier alpha value is -1.91. The van der Waals surface area contributed by atoms with Crippen molar-refractivity contribution in [1.82, 2.24) is 9.88 Å². The number of nitrogens with zero attached hydrogens (tertiary/aromatic N) is 3. The molecular formula is C19H25N3O. The lowest BCUT2D eigenvalue weighted by Gasteiger charge is -2.35. The topological polar surface area (TPSA) is 39.6 Å². The first-order valence-electron chi connectivity index (χ1n) is 8.36. The summed E-state index contributed by atoms with van der Waals surface area (Å²) in [5, 5.41) is 10.5. The van der Waals surface area contributed by atoms with Crippen LogP contribution in [0.3, 0.4) is 0 Å². The molecule has 1 aliphatic rings. The van der Waals surface area contributed by atoms with Gasteiger partial charge in [-0.1, -0.05) is 37.3 Å². The number of anilines is 1. The average molecular weight is 311 g/mol. The number of pyridine rings is 1. The van der Waals surface area contributed by atoms with Crippen LogP contribution in [0, 0.1) is 6.92 Å². The van der Waals surface area contributed by atoms with E-state index in [2.05, 4.69) is 34.7 Å². The normalized spacial score (nSPS) is 17.3. The van der Waals surface area contributed by atoms with Crippen molar-refractivity contribution in [3.05, 3.63) is 59.3 Å². The minimum absolute atomic E-state index is 0.617. The molecule has 2 aromatic rings. The van der Waals surface area contributed by atoms with Crippen molar-refractivity contribution in [1.29, 1.82) is 0 Å². The molecule has 1 N–H and O–H groups in total. The third kappa shape index (κ3) is 3.54. The summed E-state index contributed by atoms with van der Waals surface area (Å²) in [7, 11) is 0. The second-order valence-electron chi connectivity index (χ2n) is 6.14. The molecule has 4 heteroatoms. The number of aliphatic hydroxyl groups is 1. The van der Waals surface area contributed by atoms with E-state index in [1.165, 1.54) is 0 Å². The molecule has 0 spiro atoms.